The Kier molecular flexibility index (Phi) is 6.21. The van der Waals surface area contributed by atoms with E-state index in [4.69, 9.17) is 9.84 Å². The molecule has 1 aromatic heterocycles. The number of aliphatic carboxylic acids is 1. The second kappa shape index (κ2) is 9.38. The van der Waals surface area contributed by atoms with Gasteiger partial charge in [0, 0.05) is 26.2 Å². The zero-order valence-electron chi connectivity index (χ0n) is 16.7. The van der Waals surface area contributed by atoms with Crippen LogP contribution in [-0.4, -0.2) is 65.0 Å². The number of nitrogens with zero attached hydrogens (tertiary/aromatic N) is 6. The number of hydrogen-bond acceptors (Lipinski definition) is 9. The number of anilines is 3. The van der Waals surface area contributed by atoms with Gasteiger partial charge in [-0.15, -0.1) is 0 Å². The Morgan fingerprint density at radius 1 is 1.07 bits per heavy atom. The molecule has 0 aliphatic carbocycles. The van der Waals surface area contributed by atoms with Gasteiger partial charge < -0.3 is 19.6 Å². The van der Waals surface area contributed by atoms with Crippen molar-refractivity contribution in [1.29, 1.82) is 0 Å². The summed E-state index contributed by atoms with van der Waals surface area (Å²) in [5.41, 5.74) is 3.67. The van der Waals surface area contributed by atoms with Gasteiger partial charge in [0.15, 0.2) is 6.61 Å². The van der Waals surface area contributed by atoms with Gasteiger partial charge in [-0.1, -0.05) is 12.1 Å². The van der Waals surface area contributed by atoms with Gasteiger partial charge >= 0.3 is 5.97 Å². The quantitative estimate of drug-likeness (QED) is 0.497. The van der Waals surface area contributed by atoms with E-state index in [9.17, 15) is 4.79 Å². The number of aromatic nitrogens is 3. The second-order valence-electron chi connectivity index (χ2n) is 7.27. The largest absolute Gasteiger partial charge is 0.482 e. The van der Waals surface area contributed by atoms with Gasteiger partial charge in [-0.2, -0.15) is 20.1 Å². The first-order valence-electron chi connectivity index (χ1n) is 10.2. The first kappa shape index (κ1) is 19.9. The van der Waals surface area contributed by atoms with Crippen LogP contribution < -0.4 is 20.0 Å². The molecule has 2 aliphatic heterocycles. The minimum absolute atomic E-state index is 0.387. The fourth-order valence-electron chi connectivity index (χ4n) is 3.52. The van der Waals surface area contributed by atoms with E-state index in [1.165, 1.54) is 0 Å². The monoisotopic (exact) mass is 411 g/mol. The third-order valence-corrected chi connectivity index (χ3v) is 4.99. The van der Waals surface area contributed by atoms with E-state index in [0.29, 0.717) is 23.6 Å². The highest BCUT2D eigenvalue weighted by Gasteiger charge is 2.21. The smallest absolute Gasteiger partial charge is 0.341 e. The lowest BCUT2D eigenvalue weighted by atomic mass is 10.2. The first-order valence-corrected chi connectivity index (χ1v) is 10.2. The van der Waals surface area contributed by atoms with Crippen LogP contribution >= 0.6 is 0 Å². The van der Waals surface area contributed by atoms with E-state index in [2.05, 4.69) is 35.3 Å². The number of nitrogens with one attached hydrogen (secondary N) is 1. The van der Waals surface area contributed by atoms with E-state index in [1.807, 2.05) is 6.07 Å². The number of carbonyl (C=O) groups is 1. The predicted molar refractivity (Wildman–Crippen MR) is 114 cm³/mol. The molecule has 2 N–H and O–H groups in total. The van der Waals surface area contributed by atoms with Crippen molar-refractivity contribution < 1.29 is 14.6 Å². The summed E-state index contributed by atoms with van der Waals surface area (Å²) in [7, 11) is 0. The summed E-state index contributed by atoms with van der Waals surface area (Å²) in [6.45, 7) is 3.43. The molecule has 2 aliphatic rings. The minimum Gasteiger partial charge on any atom is -0.482 e. The molecule has 3 heterocycles. The highest BCUT2D eigenvalue weighted by molar-refractivity contribution is 5.80. The summed E-state index contributed by atoms with van der Waals surface area (Å²) < 4.78 is 5.19. The van der Waals surface area contributed by atoms with Crippen LogP contribution in [0.25, 0.3) is 0 Å². The zero-order valence-corrected chi connectivity index (χ0v) is 16.7. The topological polar surface area (TPSA) is 116 Å². The van der Waals surface area contributed by atoms with E-state index in [1.54, 1.807) is 24.4 Å². The Bertz CT molecular complexity index is 875. The normalized spacial score (nSPS) is 16.4. The van der Waals surface area contributed by atoms with Crippen LogP contribution in [0.3, 0.4) is 0 Å². The summed E-state index contributed by atoms with van der Waals surface area (Å²) in [6.07, 6.45) is 6.19. The standard InChI is InChI=1S/C20H25N7O3/c28-17(29)14-30-16-7-5-6-15(12-16)13-21-25-18-22-19(26-8-1-2-9-26)24-20(23-18)27-10-3-4-11-27/h5-7,12-13H,1-4,8-11,14H2,(H,28,29)(H,22,23,24,25)/b21-13-. The number of carboxylic acid groups (broad SMARTS) is 1. The van der Waals surface area contributed by atoms with Crippen LogP contribution in [0, 0.1) is 0 Å². The molecule has 2 fully saturated rings. The van der Waals surface area contributed by atoms with E-state index in [-0.39, 0.29) is 6.61 Å². The predicted octanol–water partition coefficient (Wildman–Crippen LogP) is 1.98. The van der Waals surface area contributed by atoms with Gasteiger partial charge in [0.1, 0.15) is 5.75 Å². The molecule has 158 valence electrons. The van der Waals surface area contributed by atoms with Crippen molar-refractivity contribution in [3.8, 4) is 5.75 Å². The molecular formula is C20H25N7O3. The van der Waals surface area contributed by atoms with Crippen molar-refractivity contribution in [1.82, 2.24) is 15.0 Å². The Morgan fingerprint density at radius 2 is 1.70 bits per heavy atom. The fourth-order valence-corrected chi connectivity index (χ4v) is 3.52. The molecule has 30 heavy (non-hydrogen) atoms. The zero-order chi connectivity index (χ0) is 20.8. The number of hydrazone groups is 1. The third kappa shape index (κ3) is 5.13. The molecule has 1 aromatic carbocycles. The van der Waals surface area contributed by atoms with Gasteiger partial charge in [-0.05, 0) is 43.4 Å². The molecule has 2 saturated heterocycles. The molecule has 10 nitrogen and oxygen atoms in total. The number of ether oxygens (including phenoxy) is 1. The summed E-state index contributed by atoms with van der Waals surface area (Å²) in [5.74, 6) is 1.23. The van der Waals surface area contributed by atoms with E-state index >= 15 is 0 Å². The van der Waals surface area contributed by atoms with Crippen molar-refractivity contribution >= 4 is 30.0 Å². The Morgan fingerprint density at radius 3 is 2.30 bits per heavy atom. The number of hydrogen-bond donors (Lipinski definition) is 2. The minimum atomic E-state index is -1.02. The molecule has 10 heteroatoms. The fraction of sp³-hybridized carbons (Fsp3) is 0.450. The highest BCUT2D eigenvalue weighted by atomic mass is 16.5. The molecule has 0 amide bonds. The number of rotatable bonds is 8. The molecular weight excluding hydrogens is 386 g/mol. The second-order valence-corrected chi connectivity index (χ2v) is 7.27. The van der Waals surface area contributed by atoms with Gasteiger partial charge in [0.25, 0.3) is 0 Å². The molecule has 0 unspecified atom stereocenters. The van der Waals surface area contributed by atoms with Crippen molar-refractivity contribution in [2.45, 2.75) is 25.7 Å². The van der Waals surface area contributed by atoms with Gasteiger partial charge in [0.05, 0.1) is 6.21 Å². The average molecular weight is 411 g/mol. The summed E-state index contributed by atoms with van der Waals surface area (Å²) in [5, 5.41) is 13.0. The van der Waals surface area contributed by atoms with Crippen molar-refractivity contribution in [2.75, 3.05) is 48.0 Å². The Labute approximate surface area is 174 Å². The van der Waals surface area contributed by atoms with Gasteiger partial charge in [-0.3, -0.25) is 0 Å². The van der Waals surface area contributed by atoms with E-state index < -0.39 is 5.97 Å². The summed E-state index contributed by atoms with van der Waals surface area (Å²) in [6, 6.07) is 7.03. The average Bonchev–Trinajstić information content (AvgIpc) is 3.46. The van der Waals surface area contributed by atoms with Gasteiger partial charge in [-0.25, -0.2) is 10.2 Å². The number of carboxylic acids is 1. The summed E-state index contributed by atoms with van der Waals surface area (Å²) in [4.78, 5) is 28.8. The summed E-state index contributed by atoms with van der Waals surface area (Å²) >= 11 is 0. The van der Waals surface area contributed by atoms with Crippen LogP contribution in [-0.2, 0) is 4.79 Å². The highest BCUT2D eigenvalue weighted by Crippen LogP contribution is 2.22. The number of benzene rings is 1. The third-order valence-electron chi connectivity index (χ3n) is 4.99. The van der Waals surface area contributed by atoms with E-state index in [0.717, 1.165) is 57.4 Å². The van der Waals surface area contributed by atoms with Crippen LogP contribution in [0.2, 0.25) is 0 Å². The van der Waals surface area contributed by atoms with Crippen LogP contribution in [0.4, 0.5) is 17.8 Å². The lowest BCUT2D eigenvalue weighted by molar-refractivity contribution is -0.139. The Hall–Kier alpha value is -3.43. The molecule has 2 aromatic rings. The molecule has 0 spiro atoms. The maximum absolute atomic E-state index is 10.6. The van der Waals surface area contributed by atoms with Crippen molar-refractivity contribution in [3.05, 3.63) is 29.8 Å². The maximum Gasteiger partial charge on any atom is 0.341 e. The SMILES string of the molecule is O=C(O)COc1cccc(/C=N\Nc2nc(N3CCCC3)nc(N3CCCC3)n2)c1. The molecule has 4 rings (SSSR count). The molecule has 0 atom stereocenters. The molecule has 0 bridgehead atoms. The van der Waals surface area contributed by atoms with Crippen molar-refractivity contribution in [3.63, 3.8) is 0 Å². The molecule has 0 saturated carbocycles. The maximum atomic E-state index is 10.6. The lowest BCUT2D eigenvalue weighted by Crippen LogP contribution is -2.25. The van der Waals surface area contributed by atoms with Crippen LogP contribution in [0.15, 0.2) is 29.4 Å². The lowest BCUT2D eigenvalue weighted by Gasteiger charge is -2.20. The van der Waals surface area contributed by atoms with Crippen LogP contribution in [0.1, 0.15) is 31.2 Å². The molecule has 0 radical (unpaired) electrons. The Balaban J connectivity index is 1.48. The van der Waals surface area contributed by atoms with Crippen molar-refractivity contribution in [2.24, 2.45) is 5.10 Å². The first-order chi connectivity index (χ1) is 14.7. The van der Waals surface area contributed by atoms with Crippen LogP contribution in [0.5, 0.6) is 5.75 Å². The van der Waals surface area contributed by atoms with Gasteiger partial charge in [0.2, 0.25) is 17.8 Å².